The molecule has 0 spiro atoms. The van der Waals surface area contributed by atoms with E-state index in [0.29, 0.717) is 11.5 Å². The smallest absolute Gasteiger partial charge is 0.278 e. The number of carbonyl (C=O) groups is 1. The van der Waals surface area contributed by atoms with E-state index in [2.05, 4.69) is 34.3 Å². The zero-order valence-electron chi connectivity index (χ0n) is 14.3. The average molecular weight is 332 g/mol. The van der Waals surface area contributed by atoms with Gasteiger partial charge in [-0.25, -0.2) is 9.97 Å². The van der Waals surface area contributed by atoms with Gasteiger partial charge < -0.3 is 10.2 Å². The molecule has 0 fully saturated rings. The van der Waals surface area contributed by atoms with Gasteiger partial charge in [0.1, 0.15) is 11.5 Å². The lowest BCUT2D eigenvalue weighted by molar-refractivity contribution is 0.0988. The fourth-order valence-corrected chi connectivity index (χ4v) is 2.50. The Balaban J connectivity index is 1.69. The molecular weight excluding hydrogens is 312 g/mol. The number of aromatic nitrogens is 2. The summed E-state index contributed by atoms with van der Waals surface area (Å²) < 4.78 is 0. The quantitative estimate of drug-likeness (QED) is 0.769. The Morgan fingerprint density at radius 3 is 2.20 bits per heavy atom. The van der Waals surface area contributed by atoms with E-state index in [4.69, 9.17) is 0 Å². The van der Waals surface area contributed by atoms with Gasteiger partial charge in [0, 0.05) is 18.8 Å². The van der Waals surface area contributed by atoms with Gasteiger partial charge in [-0.2, -0.15) is 0 Å². The summed E-state index contributed by atoms with van der Waals surface area (Å²) in [6.07, 6.45) is 3.09. The Kier molecular flexibility index (Phi) is 5.04. The van der Waals surface area contributed by atoms with E-state index in [1.165, 1.54) is 6.20 Å². The van der Waals surface area contributed by atoms with Gasteiger partial charge in [0.15, 0.2) is 0 Å². The van der Waals surface area contributed by atoms with E-state index in [9.17, 15) is 4.79 Å². The van der Waals surface area contributed by atoms with Crippen molar-refractivity contribution in [3.05, 3.63) is 84.3 Å². The Hall–Kier alpha value is -3.21. The van der Waals surface area contributed by atoms with Gasteiger partial charge in [-0.3, -0.25) is 4.79 Å². The highest BCUT2D eigenvalue weighted by Gasteiger charge is 2.15. The molecule has 3 rings (SSSR count). The van der Waals surface area contributed by atoms with Crippen molar-refractivity contribution < 1.29 is 4.79 Å². The van der Waals surface area contributed by atoms with Crippen molar-refractivity contribution in [1.82, 2.24) is 9.97 Å². The minimum atomic E-state index is -0.193. The van der Waals surface area contributed by atoms with Gasteiger partial charge in [-0.15, -0.1) is 0 Å². The highest BCUT2D eigenvalue weighted by molar-refractivity contribution is 6.04. The second kappa shape index (κ2) is 7.57. The number of anilines is 2. The van der Waals surface area contributed by atoms with Gasteiger partial charge in [0.2, 0.25) is 0 Å². The Morgan fingerprint density at radius 2 is 1.60 bits per heavy atom. The van der Waals surface area contributed by atoms with E-state index >= 15 is 0 Å². The number of amides is 1. The molecule has 1 aromatic heterocycles. The van der Waals surface area contributed by atoms with Gasteiger partial charge in [0.05, 0.1) is 12.4 Å². The highest BCUT2D eigenvalue weighted by Crippen LogP contribution is 2.18. The Morgan fingerprint density at radius 1 is 0.960 bits per heavy atom. The summed E-state index contributed by atoms with van der Waals surface area (Å²) in [5.74, 6) is 0.441. The Labute approximate surface area is 147 Å². The molecule has 5 heteroatoms. The molecule has 3 aromatic rings. The standard InChI is InChI=1S/C20H20N4O/c1-15(16-9-5-3-6-10-16)23-19-14-21-18(13-22-19)20(25)24(2)17-11-7-4-8-12-17/h3-15H,1-2H3,(H,22,23). The number of hydrogen-bond donors (Lipinski definition) is 1. The first-order valence-electron chi connectivity index (χ1n) is 8.12. The molecular formula is C20H20N4O. The van der Waals surface area contributed by atoms with Crippen molar-refractivity contribution in [3.63, 3.8) is 0 Å². The SMILES string of the molecule is CC(Nc1cnc(C(=O)N(C)c2ccccc2)cn1)c1ccccc1. The van der Waals surface area contributed by atoms with Crippen molar-refractivity contribution >= 4 is 17.4 Å². The predicted molar refractivity (Wildman–Crippen MR) is 99.7 cm³/mol. The summed E-state index contributed by atoms with van der Waals surface area (Å²) in [7, 11) is 1.73. The summed E-state index contributed by atoms with van der Waals surface area (Å²) in [5.41, 5.74) is 2.28. The minimum absolute atomic E-state index is 0.101. The van der Waals surface area contributed by atoms with Crippen LogP contribution in [0, 0.1) is 0 Å². The van der Waals surface area contributed by atoms with E-state index in [-0.39, 0.29) is 11.9 Å². The zero-order valence-corrected chi connectivity index (χ0v) is 14.3. The first kappa shape index (κ1) is 16.6. The lowest BCUT2D eigenvalue weighted by Gasteiger charge is -2.17. The number of benzene rings is 2. The van der Waals surface area contributed by atoms with Crippen LogP contribution < -0.4 is 10.2 Å². The van der Waals surface area contributed by atoms with Crippen LogP contribution in [0.25, 0.3) is 0 Å². The molecule has 1 amide bonds. The van der Waals surface area contributed by atoms with Crippen LogP contribution in [0.1, 0.15) is 29.0 Å². The number of nitrogens with one attached hydrogen (secondary N) is 1. The van der Waals surface area contributed by atoms with Crippen molar-refractivity contribution in [2.75, 3.05) is 17.3 Å². The van der Waals surface area contributed by atoms with Gasteiger partial charge in [0.25, 0.3) is 5.91 Å². The fraction of sp³-hybridized carbons (Fsp3) is 0.150. The summed E-state index contributed by atoms with van der Waals surface area (Å²) in [4.78, 5) is 22.6. The summed E-state index contributed by atoms with van der Waals surface area (Å²) in [6.45, 7) is 2.05. The van der Waals surface area contributed by atoms with Crippen molar-refractivity contribution in [2.45, 2.75) is 13.0 Å². The number of rotatable bonds is 5. The van der Waals surface area contributed by atoms with E-state index < -0.39 is 0 Å². The van der Waals surface area contributed by atoms with Crippen LogP contribution in [0.4, 0.5) is 11.5 Å². The van der Waals surface area contributed by atoms with Gasteiger partial charge >= 0.3 is 0 Å². The molecule has 0 aliphatic rings. The second-order valence-corrected chi connectivity index (χ2v) is 5.76. The highest BCUT2D eigenvalue weighted by atomic mass is 16.2. The summed E-state index contributed by atoms with van der Waals surface area (Å²) >= 11 is 0. The van der Waals surface area contributed by atoms with Crippen LogP contribution in [0.15, 0.2) is 73.1 Å². The maximum absolute atomic E-state index is 12.5. The first-order valence-corrected chi connectivity index (χ1v) is 8.12. The monoisotopic (exact) mass is 332 g/mol. The topological polar surface area (TPSA) is 58.1 Å². The molecule has 1 heterocycles. The number of nitrogens with zero attached hydrogens (tertiary/aromatic N) is 3. The second-order valence-electron chi connectivity index (χ2n) is 5.76. The molecule has 126 valence electrons. The maximum Gasteiger partial charge on any atom is 0.278 e. The lowest BCUT2D eigenvalue weighted by atomic mass is 10.1. The molecule has 0 aliphatic heterocycles. The van der Waals surface area contributed by atoms with Crippen molar-refractivity contribution in [1.29, 1.82) is 0 Å². The molecule has 0 saturated carbocycles. The third-order valence-corrected chi connectivity index (χ3v) is 3.98. The minimum Gasteiger partial charge on any atom is -0.362 e. The molecule has 0 aliphatic carbocycles. The number of carbonyl (C=O) groups excluding carboxylic acids is 1. The van der Waals surface area contributed by atoms with Crippen molar-refractivity contribution in [2.24, 2.45) is 0 Å². The maximum atomic E-state index is 12.5. The molecule has 5 nitrogen and oxygen atoms in total. The summed E-state index contributed by atoms with van der Waals surface area (Å²) in [5, 5.41) is 3.29. The predicted octanol–water partition coefficient (Wildman–Crippen LogP) is 3.93. The molecule has 1 atom stereocenters. The van der Waals surface area contributed by atoms with Crippen LogP contribution in [-0.4, -0.2) is 22.9 Å². The fourth-order valence-electron chi connectivity index (χ4n) is 2.50. The lowest BCUT2D eigenvalue weighted by Crippen LogP contribution is -2.27. The zero-order chi connectivity index (χ0) is 17.6. The Bertz CT molecular complexity index is 819. The molecule has 25 heavy (non-hydrogen) atoms. The molecule has 2 aromatic carbocycles. The van der Waals surface area contributed by atoms with E-state index in [1.54, 1.807) is 18.1 Å². The molecule has 0 bridgehead atoms. The molecule has 1 N–H and O–H groups in total. The van der Waals surface area contributed by atoms with Crippen LogP contribution >= 0.6 is 0 Å². The molecule has 1 unspecified atom stereocenters. The van der Waals surface area contributed by atoms with Crippen LogP contribution in [0.2, 0.25) is 0 Å². The normalized spacial score (nSPS) is 11.6. The van der Waals surface area contributed by atoms with Crippen LogP contribution in [-0.2, 0) is 0 Å². The van der Waals surface area contributed by atoms with Crippen molar-refractivity contribution in [3.8, 4) is 0 Å². The van der Waals surface area contributed by atoms with Gasteiger partial charge in [-0.05, 0) is 24.6 Å². The van der Waals surface area contributed by atoms with E-state index in [1.807, 2.05) is 48.5 Å². The largest absolute Gasteiger partial charge is 0.362 e. The van der Waals surface area contributed by atoms with Crippen LogP contribution in [0.3, 0.4) is 0 Å². The molecule has 0 radical (unpaired) electrons. The van der Waals surface area contributed by atoms with Crippen LogP contribution in [0.5, 0.6) is 0 Å². The molecule has 0 saturated heterocycles. The number of para-hydroxylation sites is 1. The third-order valence-electron chi connectivity index (χ3n) is 3.98. The third kappa shape index (κ3) is 4.01. The average Bonchev–Trinajstić information content (AvgIpc) is 2.69. The van der Waals surface area contributed by atoms with Gasteiger partial charge in [-0.1, -0.05) is 48.5 Å². The van der Waals surface area contributed by atoms with E-state index in [0.717, 1.165) is 11.3 Å². The summed E-state index contributed by atoms with van der Waals surface area (Å²) in [6, 6.07) is 19.6. The first-order chi connectivity index (χ1) is 12.1. The number of hydrogen-bond acceptors (Lipinski definition) is 4.